The maximum absolute atomic E-state index is 13.9. The molecule has 0 bridgehead atoms. The molecule has 0 fully saturated rings. The number of amides is 2. The van der Waals surface area contributed by atoms with Crippen LogP contribution in [0.4, 0.5) is 5.69 Å². The summed E-state index contributed by atoms with van der Waals surface area (Å²) in [5.74, 6) is -2.65. The number of imide groups is 1. The molecule has 0 aromatic heterocycles. The number of para-hydroxylation sites is 1. The van der Waals surface area contributed by atoms with Crippen molar-refractivity contribution >= 4 is 40.8 Å². The fourth-order valence-electron chi connectivity index (χ4n) is 4.92. The molecule has 2 atom stereocenters. The molecule has 3 aromatic rings. The maximum atomic E-state index is 13.9. The Morgan fingerprint density at radius 3 is 2.22 bits per heavy atom. The molecule has 0 unspecified atom stereocenters. The second-order valence-electron chi connectivity index (χ2n) is 8.86. The molecule has 0 aliphatic carbocycles. The van der Waals surface area contributed by atoms with Crippen LogP contribution in [-0.4, -0.2) is 36.2 Å². The average Bonchev–Trinajstić information content (AvgIpc) is 3.46. The minimum atomic E-state index is -1.72. The molecule has 8 heteroatoms. The van der Waals surface area contributed by atoms with Crippen molar-refractivity contribution in [3.05, 3.63) is 112 Å². The van der Waals surface area contributed by atoms with E-state index in [1.54, 1.807) is 85.8 Å². The van der Waals surface area contributed by atoms with Crippen LogP contribution in [-0.2, 0) is 24.0 Å². The molecule has 7 nitrogen and oxygen atoms in total. The third kappa shape index (κ3) is 4.11. The summed E-state index contributed by atoms with van der Waals surface area (Å²) in [6.07, 6.45) is 0.0183. The second-order valence-corrected chi connectivity index (χ2v) is 9.29. The van der Waals surface area contributed by atoms with E-state index < -0.39 is 29.3 Å². The predicted octanol–water partition coefficient (Wildman–Crippen LogP) is 5.05. The van der Waals surface area contributed by atoms with Crippen molar-refractivity contribution in [3.63, 3.8) is 0 Å². The molecular formula is C29H23ClN2O5. The number of benzene rings is 3. The van der Waals surface area contributed by atoms with Crippen molar-refractivity contribution in [2.75, 3.05) is 12.0 Å². The molecule has 37 heavy (non-hydrogen) atoms. The third-order valence-electron chi connectivity index (χ3n) is 6.72. The van der Waals surface area contributed by atoms with Gasteiger partial charge in [-0.3, -0.25) is 9.59 Å². The van der Waals surface area contributed by atoms with Crippen molar-refractivity contribution in [2.45, 2.75) is 24.9 Å². The lowest BCUT2D eigenvalue weighted by molar-refractivity contribution is -0.168. The van der Waals surface area contributed by atoms with Crippen LogP contribution in [0.25, 0.3) is 0 Å². The number of ether oxygens (including phenoxy) is 1. The molecule has 5 rings (SSSR count). The van der Waals surface area contributed by atoms with Gasteiger partial charge in [0, 0.05) is 22.6 Å². The molecule has 3 aromatic carbocycles. The minimum Gasteiger partial charge on any atom is -0.466 e. The molecule has 0 spiro atoms. The first-order valence-electron chi connectivity index (χ1n) is 11.7. The Kier molecular flexibility index (Phi) is 6.39. The highest BCUT2D eigenvalue weighted by molar-refractivity contribution is 6.33. The van der Waals surface area contributed by atoms with E-state index in [0.717, 1.165) is 4.90 Å². The van der Waals surface area contributed by atoms with Crippen LogP contribution in [0.3, 0.4) is 0 Å². The Bertz CT molecular complexity index is 1430. The van der Waals surface area contributed by atoms with Gasteiger partial charge in [-0.25, -0.2) is 9.69 Å². The summed E-state index contributed by atoms with van der Waals surface area (Å²) in [7, 11) is 1.26. The van der Waals surface area contributed by atoms with Gasteiger partial charge in [0.2, 0.25) is 5.60 Å². The summed E-state index contributed by atoms with van der Waals surface area (Å²) in [4.78, 5) is 47.9. The SMILES string of the molecule is COC(=O)[C@]1([C@H](C2=C(C)C(=O)N(c3ccccc3)C2=O)c2ccccc2)CC(c2ccc(Cl)cc2)=NO1. The highest BCUT2D eigenvalue weighted by Gasteiger charge is 2.59. The van der Waals surface area contributed by atoms with E-state index in [9.17, 15) is 14.4 Å². The zero-order valence-electron chi connectivity index (χ0n) is 20.2. The van der Waals surface area contributed by atoms with Gasteiger partial charge in [-0.2, -0.15) is 0 Å². The molecule has 0 saturated carbocycles. The molecule has 0 radical (unpaired) electrons. The van der Waals surface area contributed by atoms with E-state index in [1.165, 1.54) is 7.11 Å². The fourth-order valence-corrected chi connectivity index (χ4v) is 5.05. The Balaban J connectivity index is 1.65. The lowest BCUT2D eigenvalue weighted by Gasteiger charge is -2.33. The van der Waals surface area contributed by atoms with Gasteiger partial charge in [-0.15, -0.1) is 0 Å². The third-order valence-corrected chi connectivity index (χ3v) is 6.97. The molecule has 2 aliphatic rings. The number of hydrogen-bond donors (Lipinski definition) is 0. The standard InChI is InChI=1S/C29H23ClN2O5/c1-18-24(27(34)32(26(18)33)22-11-7-4-8-12-22)25(20-9-5-3-6-10-20)29(28(35)36-2)17-23(31-37-29)19-13-15-21(30)16-14-19/h3-16,25H,17H2,1-2H3/t25-,29+/m0/s1. The van der Waals surface area contributed by atoms with E-state index in [1.807, 2.05) is 6.07 Å². The Hall–Kier alpha value is -4.23. The molecular weight excluding hydrogens is 492 g/mol. The first-order chi connectivity index (χ1) is 17.9. The lowest BCUT2D eigenvalue weighted by Crippen LogP contribution is -2.48. The number of oxime groups is 1. The molecule has 2 heterocycles. The topological polar surface area (TPSA) is 85.3 Å². The van der Waals surface area contributed by atoms with Gasteiger partial charge in [0.1, 0.15) is 0 Å². The quantitative estimate of drug-likeness (QED) is 0.339. The first-order valence-corrected chi connectivity index (χ1v) is 12.0. The minimum absolute atomic E-state index is 0.0183. The molecule has 0 saturated heterocycles. The summed E-state index contributed by atoms with van der Waals surface area (Å²) in [6, 6.07) is 24.7. The molecule has 0 N–H and O–H groups in total. The molecule has 2 aliphatic heterocycles. The van der Waals surface area contributed by atoms with Crippen LogP contribution in [0.1, 0.15) is 30.4 Å². The van der Waals surface area contributed by atoms with E-state index in [-0.39, 0.29) is 17.6 Å². The van der Waals surface area contributed by atoms with Crippen LogP contribution < -0.4 is 4.90 Å². The Morgan fingerprint density at radius 2 is 1.59 bits per heavy atom. The number of anilines is 1. The average molecular weight is 515 g/mol. The maximum Gasteiger partial charge on any atom is 0.354 e. The smallest absolute Gasteiger partial charge is 0.354 e. The number of esters is 1. The van der Waals surface area contributed by atoms with E-state index in [0.29, 0.717) is 27.5 Å². The lowest BCUT2D eigenvalue weighted by atomic mass is 9.73. The summed E-state index contributed by atoms with van der Waals surface area (Å²) < 4.78 is 5.22. The van der Waals surface area contributed by atoms with E-state index in [2.05, 4.69) is 5.16 Å². The van der Waals surface area contributed by atoms with E-state index >= 15 is 0 Å². The van der Waals surface area contributed by atoms with Gasteiger partial charge in [-0.1, -0.05) is 77.4 Å². The summed E-state index contributed by atoms with van der Waals surface area (Å²) in [6.45, 7) is 1.59. The van der Waals surface area contributed by atoms with Crippen molar-refractivity contribution in [1.82, 2.24) is 0 Å². The van der Waals surface area contributed by atoms with Gasteiger partial charge in [0.25, 0.3) is 11.8 Å². The number of halogens is 1. The van der Waals surface area contributed by atoms with Crippen molar-refractivity contribution in [1.29, 1.82) is 0 Å². The van der Waals surface area contributed by atoms with Crippen LogP contribution in [0.15, 0.2) is 101 Å². The summed E-state index contributed by atoms with van der Waals surface area (Å²) in [5.41, 5.74) is 0.949. The number of rotatable bonds is 6. The van der Waals surface area contributed by atoms with Gasteiger partial charge < -0.3 is 9.57 Å². The molecule has 186 valence electrons. The van der Waals surface area contributed by atoms with Crippen molar-refractivity contribution < 1.29 is 24.0 Å². The zero-order valence-corrected chi connectivity index (χ0v) is 20.9. The number of nitrogens with zero attached hydrogens (tertiary/aromatic N) is 2. The van der Waals surface area contributed by atoms with Crippen LogP contribution >= 0.6 is 11.6 Å². The first kappa shape index (κ1) is 24.5. The predicted molar refractivity (Wildman–Crippen MR) is 139 cm³/mol. The van der Waals surface area contributed by atoms with Gasteiger partial charge >= 0.3 is 5.97 Å². The number of carbonyl (C=O) groups is 3. The van der Waals surface area contributed by atoms with Crippen LogP contribution in [0, 0.1) is 0 Å². The number of carbonyl (C=O) groups excluding carboxylic acids is 3. The van der Waals surface area contributed by atoms with Crippen molar-refractivity contribution in [3.8, 4) is 0 Å². The van der Waals surface area contributed by atoms with Crippen LogP contribution in [0.5, 0.6) is 0 Å². The second kappa shape index (κ2) is 9.67. The van der Waals surface area contributed by atoms with Crippen LogP contribution in [0.2, 0.25) is 5.02 Å². The normalized spacial score (nSPS) is 20.1. The molecule has 2 amide bonds. The van der Waals surface area contributed by atoms with Gasteiger partial charge in [-0.05, 0) is 42.3 Å². The fraction of sp³-hybridized carbons (Fsp3) is 0.172. The number of hydrogen-bond acceptors (Lipinski definition) is 6. The van der Waals surface area contributed by atoms with Gasteiger partial charge in [0.05, 0.1) is 24.4 Å². The Morgan fingerprint density at radius 1 is 0.973 bits per heavy atom. The zero-order chi connectivity index (χ0) is 26.2. The number of methoxy groups -OCH3 is 1. The highest BCUT2D eigenvalue weighted by atomic mass is 35.5. The highest BCUT2D eigenvalue weighted by Crippen LogP contribution is 2.48. The summed E-state index contributed by atoms with van der Waals surface area (Å²) >= 11 is 6.05. The van der Waals surface area contributed by atoms with Gasteiger partial charge in [0.15, 0.2) is 0 Å². The monoisotopic (exact) mass is 514 g/mol. The van der Waals surface area contributed by atoms with Crippen molar-refractivity contribution in [2.24, 2.45) is 5.16 Å². The Labute approximate surface area is 218 Å². The largest absolute Gasteiger partial charge is 0.466 e. The van der Waals surface area contributed by atoms with E-state index in [4.69, 9.17) is 21.2 Å². The summed E-state index contributed by atoms with van der Waals surface area (Å²) in [5, 5.41) is 4.82.